The Bertz CT molecular complexity index is 849. The molecular weight excluding hydrogens is 388 g/mol. The van der Waals surface area contributed by atoms with Crippen molar-refractivity contribution in [2.24, 2.45) is 10.9 Å². The number of likely N-dealkylation sites (N-methyl/N-ethyl adjacent to an activating group) is 1. The molecule has 1 saturated carbocycles. The van der Waals surface area contributed by atoms with Crippen LogP contribution in [0.2, 0.25) is 0 Å². The summed E-state index contributed by atoms with van der Waals surface area (Å²) in [4.78, 5) is 18.5. The molecule has 2 unspecified atom stereocenters. The van der Waals surface area contributed by atoms with Gasteiger partial charge in [-0.1, -0.05) is 31.9 Å². The highest BCUT2D eigenvalue weighted by Crippen LogP contribution is 2.23. The summed E-state index contributed by atoms with van der Waals surface area (Å²) in [5, 5.41) is 6.63. The van der Waals surface area contributed by atoms with Gasteiger partial charge < -0.3 is 15.5 Å². The minimum Gasteiger partial charge on any atom is -0.353 e. The van der Waals surface area contributed by atoms with Crippen LogP contribution in [0, 0.1) is 12.8 Å². The quantitative estimate of drug-likeness (QED) is 0.541. The number of sulfone groups is 1. The summed E-state index contributed by atoms with van der Waals surface area (Å²) >= 11 is 0. The van der Waals surface area contributed by atoms with Gasteiger partial charge in [0.05, 0.1) is 18.0 Å². The maximum absolute atomic E-state index is 12.0. The average Bonchev–Trinajstić information content (AvgIpc) is 2.64. The van der Waals surface area contributed by atoms with Crippen molar-refractivity contribution < 1.29 is 13.2 Å². The molecule has 1 aromatic rings. The number of nitrogens with one attached hydrogen (secondary N) is 2. The first kappa shape index (κ1) is 23.2. The predicted octanol–water partition coefficient (Wildman–Crippen LogP) is 2.10. The Hall–Kier alpha value is -2.09. The molecule has 162 valence electrons. The van der Waals surface area contributed by atoms with Gasteiger partial charge in [-0.3, -0.25) is 4.79 Å². The van der Waals surface area contributed by atoms with E-state index in [1.54, 1.807) is 38.1 Å². The van der Waals surface area contributed by atoms with Crippen LogP contribution in [-0.4, -0.2) is 58.1 Å². The number of benzene rings is 1. The second-order valence-corrected chi connectivity index (χ2v) is 10.2. The van der Waals surface area contributed by atoms with Gasteiger partial charge in [0.1, 0.15) is 0 Å². The molecule has 1 amide bonds. The third kappa shape index (κ3) is 7.03. The Labute approximate surface area is 174 Å². The fourth-order valence-corrected chi connectivity index (χ4v) is 4.53. The lowest BCUT2D eigenvalue weighted by Crippen LogP contribution is -2.49. The largest absolute Gasteiger partial charge is 0.353 e. The van der Waals surface area contributed by atoms with Crippen molar-refractivity contribution in [3.05, 3.63) is 29.3 Å². The van der Waals surface area contributed by atoms with E-state index in [2.05, 4.69) is 22.5 Å². The number of amides is 1. The highest BCUT2D eigenvalue weighted by atomic mass is 32.2. The van der Waals surface area contributed by atoms with E-state index >= 15 is 0 Å². The van der Waals surface area contributed by atoms with Gasteiger partial charge in [0.15, 0.2) is 15.8 Å². The lowest BCUT2D eigenvalue weighted by molar-refractivity contribution is -0.127. The molecule has 1 aliphatic rings. The smallest absolute Gasteiger partial charge is 0.241 e. The van der Waals surface area contributed by atoms with Crippen molar-refractivity contribution in [3.8, 4) is 0 Å². The summed E-state index contributed by atoms with van der Waals surface area (Å²) in [6.07, 6.45) is 5.94. The molecule has 0 radical (unpaired) electrons. The number of hydrogen-bond acceptors (Lipinski definition) is 4. The second-order valence-electron chi connectivity index (χ2n) is 8.19. The molecule has 0 heterocycles. The molecule has 2 atom stereocenters. The number of nitrogens with zero attached hydrogens (tertiary/aromatic N) is 2. The number of aliphatic imine (C=N–C) groups is 1. The predicted molar refractivity (Wildman–Crippen MR) is 117 cm³/mol. The summed E-state index contributed by atoms with van der Waals surface area (Å²) in [6.45, 7) is 4.61. The lowest BCUT2D eigenvalue weighted by atomic mass is 9.86. The standard InChI is InChI=1S/C21H34N4O3S/c1-15-8-6-7-9-18(15)24-21(23-14-20(26)25(3)4)22-13-17-10-11-19(16(2)12-17)29(5,27)28/h10-12,15,18H,6-9,13-14H2,1-5H3,(H2,22,23,24). The van der Waals surface area contributed by atoms with Gasteiger partial charge in [0.2, 0.25) is 5.91 Å². The molecule has 0 aromatic heterocycles. The van der Waals surface area contributed by atoms with E-state index in [4.69, 9.17) is 0 Å². The maximum atomic E-state index is 12.0. The molecule has 0 spiro atoms. The van der Waals surface area contributed by atoms with Crippen molar-refractivity contribution >= 4 is 21.7 Å². The highest BCUT2D eigenvalue weighted by molar-refractivity contribution is 7.90. The van der Waals surface area contributed by atoms with Gasteiger partial charge in [-0.2, -0.15) is 0 Å². The summed E-state index contributed by atoms with van der Waals surface area (Å²) in [5.74, 6) is 1.14. The Balaban J connectivity index is 2.14. The number of carbonyl (C=O) groups excluding carboxylic acids is 1. The fraction of sp³-hybridized carbons (Fsp3) is 0.619. The van der Waals surface area contributed by atoms with Crippen molar-refractivity contribution in [1.29, 1.82) is 0 Å². The minimum absolute atomic E-state index is 0.0236. The molecule has 0 aliphatic heterocycles. The summed E-state index contributed by atoms with van der Waals surface area (Å²) < 4.78 is 23.6. The van der Waals surface area contributed by atoms with Gasteiger partial charge in [-0.05, 0) is 42.9 Å². The zero-order valence-corrected chi connectivity index (χ0v) is 19.0. The Morgan fingerprint density at radius 1 is 1.24 bits per heavy atom. The van der Waals surface area contributed by atoms with Crippen molar-refractivity contribution in [2.45, 2.75) is 57.0 Å². The molecule has 0 bridgehead atoms. The first-order chi connectivity index (χ1) is 13.6. The van der Waals surface area contributed by atoms with Gasteiger partial charge in [-0.15, -0.1) is 0 Å². The molecule has 7 nitrogen and oxygen atoms in total. The van der Waals surface area contributed by atoms with Crippen LogP contribution in [0.1, 0.15) is 43.7 Å². The van der Waals surface area contributed by atoms with Crippen LogP contribution in [0.25, 0.3) is 0 Å². The fourth-order valence-electron chi connectivity index (χ4n) is 3.57. The Morgan fingerprint density at radius 2 is 1.93 bits per heavy atom. The summed E-state index contributed by atoms with van der Waals surface area (Å²) in [5.41, 5.74) is 1.64. The first-order valence-electron chi connectivity index (χ1n) is 10.1. The van der Waals surface area contributed by atoms with Gasteiger partial charge >= 0.3 is 0 Å². The number of rotatable bonds is 6. The first-order valence-corrected chi connectivity index (χ1v) is 12.0. The number of hydrogen-bond donors (Lipinski definition) is 2. The Morgan fingerprint density at radius 3 is 2.52 bits per heavy atom. The van der Waals surface area contributed by atoms with Crippen LogP contribution in [0.4, 0.5) is 0 Å². The van der Waals surface area contributed by atoms with E-state index in [0.717, 1.165) is 12.0 Å². The van der Waals surface area contributed by atoms with Gasteiger partial charge in [0, 0.05) is 26.4 Å². The van der Waals surface area contributed by atoms with E-state index in [1.165, 1.54) is 25.5 Å². The highest BCUT2D eigenvalue weighted by Gasteiger charge is 2.22. The van der Waals surface area contributed by atoms with Gasteiger partial charge in [0.25, 0.3) is 0 Å². The number of aryl methyl sites for hydroxylation is 1. The molecule has 29 heavy (non-hydrogen) atoms. The van der Waals surface area contributed by atoms with Crippen LogP contribution in [0.5, 0.6) is 0 Å². The molecule has 2 N–H and O–H groups in total. The number of guanidine groups is 1. The van der Waals surface area contributed by atoms with Crippen LogP contribution in [0.3, 0.4) is 0 Å². The molecule has 2 rings (SSSR count). The van der Waals surface area contributed by atoms with Gasteiger partial charge in [-0.25, -0.2) is 13.4 Å². The summed E-state index contributed by atoms with van der Waals surface area (Å²) in [7, 11) is 0.216. The average molecular weight is 423 g/mol. The van der Waals surface area contributed by atoms with Crippen LogP contribution in [0.15, 0.2) is 28.1 Å². The molecule has 0 saturated heterocycles. The van der Waals surface area contributed by atoms with Crippen molar-refractivity contribution in [1.82, 2.24) is 15.5 Å². The zero-order chi connectivity index (χ0) is 21.6. The van der Waals surface area contributed by atoms with Crippen molar-refractivity contribution in [2.75, 3.05) is 26.9 Å². The normalized spacial score (nSPS) is 20.2. The maximum Gasteiger partial charge on any atom is 0.241 e. The van der Waals surface area contributed by atoms with E-state index in [9.17, 15) is 13.2 Å². The van der Waals surface area contributed by atoms with Crippen LogP contribution in [-0.2, 0) is 21.2 Å². The third-order valence-electron chi connectivity index (χ3n) is 5.40. The number of carbonyl (C=O) groups is 1. The van der Waals surface area contributed by atoms with Crippen LogP contribution < -0.4 is 10.6 Å². The Kier molecular flexibility index (Phi) is 8.07. The van der Waals surface area contributed by atoms with E-state index in [-0.39, 0.29) is 12.5 Å². The SMILES string of the molecule is Cc1cc(CN=C(NCC(=O)N(C)C)NC2CCCCC2C)ccc1S(C)(=O)=O. The third-order valence-corrected chi connectivity index (χ3v) is 6.66. The zero-order valence-electron chi connectivity index (χ0n) is 18.2. The topological polar surface area (TPSA) is 90.9 Å². The molecule has 1 fully saturated rings. The van der Waals surface area contributed by atoms with E-state index < -0.39 is 9.84 Å². The molecular formula is C21H34N4O3S. The van der Waals surface area contributed by atoms with E-state index in [1.807, 2.05) is 6.07 Å². The minimum atomic E-state index is -3.24. The second kappa shape index (κ2) is 10.1. The lowest BCUT2D eigenvalue weighted by Gasteiger charge is -2.31. The monoisotopic (exact) mass is 422 g/mol. The summed E-state index contributed by atoms with van der Waals surface area (Å²) in [6, 6.07) is 5.61. The molecule has 1 aromatic carbocycles. The van der Waals surface area contributed by atoms with E-state index in [0.29, 0.717) is 34.9 Å². The molecule has 8 heteroatoms. The van der Waals surface area contributed by atoms with Crippen molar-refractivity contribution in [3.63, 3.8) is 0 Å². The van der Waals surface area contributed by atoms with Crippen LogP contribution >= 0.6 is 0 Å². The molecule has 1 aliphatic carbocycles.